The standard InChI is InChI=1S/C22H25FN2O5/c23-19-9-18(10-24-11-19)17-5-7-20(8-6-17)25-22(28)30-13-16-3-1-15(2-4-16)12-29-14-21(26)27/h5-11,15-16H,1-4,12-14H2,(H,25,28)(H,26,27). The molecule has 1 aromatic carbocycles. The van der Waals surface area contributed by atoms with E-state index >= 15 is 0 Å². The number of benzene rings is 1. The Balaban J connectivity index is 1.37. The Labute approximate surface area is 174 Å². The minimum Gasteiger partial charge on any atom is -0.480 e. The van der Waals surface area contributed by atoms with Crippen molar-refractivity contribution in [2.45, 2.75) is 25.7 Å². The number of aliphatic carboxylic acids is 1. The first-order valence-corrected chi connectivity index (χ1v) is 9.94. The second-order valence-corrected chi connectivity index (χ2v) is 7.49. The number of nitrogens with zero attached hydrogens (tertiary/aromatic N) is 1. The first kappa shape index (κ1) is 21.7. The molecule has 0 radical (unpaired) electrons. The van der Waals surface area contributed by atoms with Crippen molar-refractivity contribution in [3.8, 4) is 11.1 Å². The summed E-state index contributed by atoms with van der Waals surface area (Å²) in [5, 5.41) is 11.3. The van der Waals surface area contributed by atoms with Gasteiger partial charge in [-0.2, -0.15) is 0 Å². The van der Waals surface area contributed by atoms with Crippen molar-refractivity contribution in [1.29, 1.82) is 0 Å². The minimum atomic E-state index is -0.955. The Kier molecular flexibility index (Phi) is 7.73. The predicted molar refractivity (Wildman–Crippen MR) is 109 cm³/mol. The van der Waals surface area contributed by atoms with E-state index in [2.05, 4.69) is 10.3 Å². The third-order valence-electron chi connectivity index (χ3n) is 5.17. The van der Waals surface area contributed by atoms with E-state index in [0.717, 1.165) is 37.4 Å². The normalized spacial score (nSPS) is 18.6. The average molecular weight is 416 g/mol. The van der Waals surface area contributed by atoms with Gasteiger partial charge in [-0.05, 0) is 61.3 Å². The Hall–Kier alpha value is -3.00. The highest BCUT2D eigenvalue weighted by atomic mass is 19.1. The lowest BCUT2D eigenvalue weighted by molar-refractivity contribution is -0.142. The van der Waals surface area contributed by atoms with Crippen LogP contribution in [0.3, 0.4) is 0 Å². The molecule has 0 atom stereocenters. The molecule has 1 aliphatic rings. The fourth-order valence-electron chi connectivity index (χ4n) is 3.54. The number of carbonyl (C=O) groups is 2. The number of nitrogens with one attached hydrogen (secondary N) is 1. The minimum absolute atomic E-state index is 0.261. The average Bonchev–Trinajstić information content (AvgIpc) is 2.73. The maximum Gasteiger partial charge on any atom is 0.411 e. The molecule has 1 fully saturated rings. The molecular formula is C22H25FN2O5. The van der Waals surface area contributed by atoms with Crippen LogP contribution in [0.5, 0.6) is 0 Å². The van der Waals surface area contributed by atoms with Crippen LogP contribution in [-0.2, 0) is 14.3 Å². The molecule has 2 aromatic rings. The van der Waals surface area contributed by atoms with Gasteiger partial charge in [0.15, 0.2) is 0 Å². The first-order valence-electron chi connectivity index (χ1n) is 9.94. The summed E-state index contributed by atoms with van der Waals surface area (Å²) in [5.74, 6) is -0.695. The van der Waals surface area contributed by atoms with Crippen LogP contribution < -0.4 is 5.32 Å². The Bertz CT molecular complexity index is 851. The van der Waals surface area contributed by atoms with Gasteiger partial charge < -0.3 is 14.6 Å². The molecule has 160 valence electrons. The summed E-state index contributed by atoms with van der Waals surface area (Å²) >= 11 is 0. The summed E-state index contributed by atoms with van der Waals surface area (Å²) in [4.78, 5) is 26.4. The summed E-state index contributed by atoms with van der Waals surface area (Å²) < 4.78 is 23.8. The fourth-order valence-corrected chi connectivity index (χ4v) is 3.54. The lowest BCUT2D eigenvalue weighted by atomic mass is 9.83. The van der Waals surface area contributed by atoms with Crippen molar-refractivity contribution in [2.24, 2.45) is 11.8 Å². The van der Waals surface area contributed by atoms with Gasteiger partial charge in [-0.25, -0.2) is 14.0 Å². The molecule has 1 aromatic heterocycles. The van der Waals surface area contributed by atoms with Crippen molar-refractivity contribution in [2.75, 3.05) is 25.1 Å². The quantitative estimate of drug-likeness (QED) is 0.664. The molecule has 0 aliphatic heterocycles. The third-order valence-corrected chi connectivity index (χ3v) is 5.17. The van der Waals surface area contributed by atoms with Gasteiger partial charge in [0.05, 0.1) is 19.4 Å². The number of carbonyl (C=O) groups excluding carboxylic acids is 1. The number of anilines is 1. The highest BCUT2D eigenvalue weighted by Gasteiger charge is 2.22. The highest BCUT2D eigenvalue weighted by molar-refractivity contribution is 5.85. The van der Waals surface area contributed by atoms with Crippen LogP contribution >= 0.6 is 0 Å². The zero-order valence-corrected chi connectivity index (χ0v) is 16.6. The van der Waals surface area contributed by atoms with Crippen LogP contribution in [0.15, 0.2) is 42.7 Å². The number of hydrogen-bond acceptors (Lipinski definition) is 5. The van der Waals surface area contributed by atoms with E-state index in [1.165, 1.54) is 6.07 Å². The molecule has 0 unspecified atom stereocenters. The number of hydrogen-bond donors (Lipinski definition) is 2. The molecule has 3 rings (SSSR count). The van der Waals surface area contributed by atoms with Crippen molar-refractivity contribution >= 4 is 17.7 Å². The lowest BCUT2D eigenvalue weighted by Gasteiger charge is -2.27. The zero-order chi connectivity index (χ0) is 21.3. The highest BCUT2D eigenvalue weighted by Crippen LogP contribution is 2.29. The Morgan fingerprint density at radius 2 is 1.70 bits per heavy atom. The van der Waals surface area contributed by atoms with Gasteiger partial charge in [0.25, 0.3) is 0 Å². The van der Waals surface area contributed by atoms with Gasteiger partial charge in [0.1, 0.15) is 12.4 Å². The van der Waals surface area contributed by atoms with Crippen LogP contribution in [0.1, 0.15) is 25.7 Å². The van der Waals surface area contributed by atoms with E-state index in [-0.39, 0.29) is 6.61 Å². The topological polar surface area (TPSA) is 97.8 Å². The molecule has 0 saturated heterocycles. The third kappa shape index (κ3) is 6.81. The number of amides is 1. The van der Waals surface area contributed by atoms with Crippen LogP contribution in [-0.4, -0.2) is 42.0 Å². The van der Waals surface area contributed by atoms with Crippen molar-refractivity contribution in [3.05, 3.63) is 48.5 Å². The summed E-state index contributed by atoms with van der Waals surface area (Å²) in [5.41, 5.74) is 2.05. The molecule has 0 spiro atoms. The lowest BCUT2D eigenvalue weighted by Crippen LogP contribution is -2.25. The molecule has 1 aliphatic carbocycles. The number of ether oxygens (including phenoxy) is 2. The molecule has 1 saturated carbocycles. The number of aromatic nitrogens is 1. The molecule has 0 bridgehead atoms. The van der Waals surface area contributed by atoms with Gasteiger partial charge >= 0.3 is 12.1 Å². The second-order valence-electron chi connectivity index (χ2n) is 7.49. The molecule has 2 N–H and O–H groups in total. The SMILES string of the molecule is O=C(O)COCC1CCC(COC(=O)Nc2ccc(-c3cncc(F)c3)cc2)CC1. The summed E-state index contributed by atoms with van der Waals surface area (Å²) in [6.07, 6.45) is 5.93. The number of pyridine rings is 1. The van der Waals surface area contributed by atoms with Crippen LogP contribution in [0.25, 0.3) is 11.1 Å². The van der Waals surface area contributed by atoms with Crippen molar-refractivity contribution in [3.63, 3.8) is 0 Å². The van der Waals surface area contributed by atoms with Crippen molar-refractivity contribution < 1.29 is 28.6 Å². The Morgan fingerprint density at radius 3 is 2.33 bits per heavy atom. The van der Waals surface area contributed by atoms with Gasteiger partial charge in [-0.15, -0.1) is 0 Å². The monoisotopic (exact) mass is 416 g/mol. The van der Waals surface area contributed by atoms with E-state index in [4.69, 9.17) is 14.6 Å². The van der Waals surface area contributed by atoms with Gasteiger partial charge in [0.2, 0.25) is 0 Å². The molecular weight excluding hydrogens is 391 g/mol. The van der Waals surface area contributed by atoms with E-state index in [9.17, 15) is 14.0 Å². The van der Waals surface area contributed by atoms with E-state index < -0.39 is 17.9 Å². The van der Waals surface area contributed by atoms with Gasteiger partial charge in [-0.1, -0.05) is 12.1 Å². The summed E-state index contributed by atoms with van der Waals surface area (Å²) in [6, 6.07) is 8.41. The van der Waals surface area contributed by atoms with Gasteiger partial charge in [0, 0.05) is 17.4 Å². The zero-order valence-electron chi connectivity index (χ0n) is 16.6. The molecule has 1 heterocycles. The fraction of sp³-hybridized carbons (Fsp3) is 0.409. The molecule has 1 amide bonds. The number of halogens is 1. The molecule has 7 nitrogen and oxygen atoms in total. The predicted octanol–water partition coefficient (Wildman–Crippen LogP) is 4.34. The van der Waals surface area contributed by atoms with Crippen LogP contribution in [0.4, 0.5) is 14.9 Å². The summed E-state index contributed by atoms with van der Waals surface area (Å²) in [7, 11) is 0. The van der Waals surface area contributed by atoms with Gasteiger partial charge in [-0.3, -0.25) is 10.3 Å². The number of rotatable bonds is 8. The second kappa shape index (κ2) is 10.7. The van der Waals surface area contributed by atoms with E-state index in [0.29, 0.717) is 36.3 Å². The largest absolute Gasteiger partial charge is 0.480 e. The maximum absolute atomic E-state index is 13.3. The molecule has 8 heteroatoms. The summed E-state index contributed by atoms with van der Waals surface area (Å²) in [6.45, 7) is 0.549. The maximum atomic E-state index is 13.3. The van der Waals surface area contributed by atoms with Crippen LogP contribution in [0, 0.1) is 17.7 Å². The van der Waals surface area contributed by atoms with Crippen molar-refractivity contribution in [1.82, 2.24) is 4.98 Å². The number of carboxylic acids is 1. The molecule has 30 heavy (non-hydrogen) atoms. The van der Waals surface area contributed by atoms with E-state index in [1.807, 2.05) is 0 Å². The number of carboxylic acid groups (broad SMARTS) is 1. The smallest absolute Gasteiger partial charge is 0.411 e. The first-order chi connectivity index (χ1) is 14.5. The van der Waals surface area contributed by atoms with Crippen LogP contribution in [0.2, 0.25) is 0 Å². The van der Waals surface area contributed by atoms with E-state index in [1.54, 1.807) is 30.5 Å². The Morgan fingerprint density at radius 1 is 1.03 bits per heavy atom.